The summed E-state index contributed by atoms with van der Waals surface area (Å²) in [5.41, 5.74) is 2.72. The van der Waals surface area contributed by atoms with Crippen LogP contribution in [0.15, 0.2) is 0 Å². The Labute approximate surface area is 69.5 Å². The van der Waals surface area contributed by atoms with Gasteiger partial charge in [0.25, 0.3) is 0 Å². The van der Waals surface area contributed by atoms with Crippen LogP contribution in [0, 0.1) is 12.3 Å². The molecule has 0 rings (SSSR count). The van der Waals surface area contributed by atoms with E-state index in [9.17, 15) is 0 Å². The molecule has 2 heteroatoms. The lowest BCUT2D eigenvalue weighted by Gasteiger charge is -2.11. The normalized spacial score (nSPS) is 12.5. The standard InChI is InChI=1S/C9H18N2/c1-3-5-6-8-9(11-10)7-4-2/h2,9,11H,3,5-8,10H2,1H3. The highest BCUT2D eigenvalue weighted by Gasteiger charge is 2.02. The number of hydrogen-bond acceptors (Lipinski definition) is 2. The molecule has 0 saturated heterocycles. The van der Waals surface area contributed by atoms with Crippen molar-refractivity contribution in [2.75, 3.05) is 0 Å². The van der Waals surface area contributed by atoms with E-state index < -0.39 is 0 Å². The largest absolute Gasteiger partial charge is 0.271 e. The average Bonchev–Trinajstić information content (AvgIpc) is 2.03. The number of hydrazine groups is 1. The van der Waals surface area contributed by atoms with Crippen molar-refractivity contribution in [3.05, 3.63) is 0 Å². The fourth-order valence-corrected chi connectivity index (χ4v) is 1.03. The molecule has 0 spiro atoms. The van der Waals surface area contributed by atoms with Gasteiger partial charge in [-0.1, -0.05) is 26.2 Å². The minimum absolute atomic E-state index is 0.312. The molecule has 1 unspecified atom stereocenters. The molecule has 0 aromatic carbocycles. The summed E-state index contributed by atoms with van der Waals surface area (Å²) in [6.07, 6.45) is 10.7. The summed E-state index contributed by atoms with van der Waals surface area (Å²) in [7, 11) is 0. The summed E-state index contributed by atoms with van der Waals surface area (Å²) < 4.78 is 0. The zero-order chi connectivity index (χ0) is 8.53. The number of terminal acetylenes is 1. The van der Waals surface area contributed by atoms with Gasteiger partial charge < -0.3 is 0 Å². The van der Waals surface area contributed by atoms with Crippen LogP contribution in [0.2, 0.25) is 0 Å². The van der Waals surface area contributed by atoms with Crippen molar-refractivity contribution in [3.8, 4) is 12.3 Å². The maximum atomic E-state index is 5.30. The van der Waals surface area contributed by atoms with Crippen LogP contribution in [-0.2, 0) is 0 Å². The van der Waals surface area contributed by atoms with Crippen LogP contribution >= 0.6 is 0 Å². The van der Waals surface area contributed by atoms with Crippen molar-refractivity contribution in [1.29, 1.82) is 0 Å². The van der Waals surface area contributed by atoms with Crippen LogP contribution in [0.4, 0.5) is 0 Å². The molecule has 0 aromatic heterocycles. The third-order valence-corrected chi connectivity index (χ3v) is 1.76. The van der Waals surface area contributed by atoms with Crippen LogP contribution in [0.1, 0.15) is 39.0 Å². The lowest BCUT2D eigenvalue weighted by Crippen LogP contribution is -2.34. The van der Waals surface area contributed by atoms with E-state index in [0.29, 0.717) is 6.04 Å². The molecule has 0 heterocycles. The minimum atomic E-state index is 0.312. The third kappa shape index (κ3) is 5.90. The van der Waals surface area contributed by atoms with Gasteiger partial charge in [0, 0.05) is 12.5 Å². The predicted molar refractivity (Wildman–Crippen MR) is 48.7 cm³/mol. The number of rotatable bonds is 6. The molecule has 0 aliphatic carbocycles. The van der Waals surface area contributed by atoms with Gasteiger partial charge in [-0.25, -0.2) is 0 Å². The van der Waals surface area contributed by atoms with Crippen LogP contribution in [0.5, 0.6) is 0 Å². The first-order chi connectivity index (χ1) is 5.35. The van der Waals surface area contributed by atoms with Gasteiger partial charge in [0.15, 0.2) is 0 Å². The highest BCUT2D eigenvalue weighted by molar-refractivity contribution is 4.88. The van der Waals surface area contributed by atoms with E-state index in [4.69, 9.17) is 12.3 Å². The first-order valence-corrected chi connectivity index (χ1v) is 4.24. The van der Waals surface area contributed by atoms with Crippen LogP contribution in [0.25, 0.3) is 0 Å². The summed E-state index contributed by atoms with van der Waals surface area (Å²) in [5.74, 6) is 7.90. The highest BCUT2D eigenvalue weighted by Crippen LogP contribution is 2.04. The van der Waals surface area contributed by atoms with Gasteiger partial charge in [-0.2, -0.15) is 0 Å². The summed E-state index contributed by atoms with van der Waals surface area (Å²) in [6, 6.07) is 0.312. The SMILES string of the molecule is C#CCC(CCCCC)NN. The van der Waals surface area contributed by atoms with Gasteiger partial charge in [-0.3, -0.25) is 11.3 Å². The molecular formula is C9H18N2. The van der Waals surface area contributed by atoms with Crippen molar-refractivity contribution in [3.63, 3.8) is 0 Å². The van der Waals surface area contributed by atoms with E-state index in [1.165, 1.54) is 19.3 Å². The average molecular weight is 154 g/mol. The smallest absolute Gasteiger partial charge is 0.0319 e. The number of nitrogens with one attached hydrogen (secondary N) is 1. The zero-order valence-electron chi connectivity index (χ0n) is 7.27. The summed E-state index contributed by atoms with van der Waals surface area (Å²) in [4.78, 5) is 0. The van der Waals surface area contributed by atoms with Crippen molar-refractivity contribution in [2.45, 2.75) is 45.1 Å². The molecule has 0 radical (unpaired) electrons. The molecule has 0 aromatic rings. The number of nitrogens with two attached hydrogens (primary N) is 1. The van der Waals surface area contributed by atoms with Gasteiger partial charge in [0.2, 0.25) is 0 Å². The van der Waals surface area contributed by atoms with Crippen molar-refractivity contribution in [1.82, 2.24) is 5.43 Å². The van der Waals surface area contributed by atoms with Crippen LogP contribution < -0.4 is 11.3 Å². The molecular weight excluding hydrogens is 136 g/mol. The summed E-state index contributed by atoms with van der Waals surface area (Å²) in [5, 5.41) is 0. The van der Waals surface area contributed by atoms with Gasteiger partial charge in [-0.15, -0.1) is 12.3 Å². The molecule has 0 aliphatic heterocycles. The first-order valence-electron chi connectivity index (χ1n) is 4.24. The minimum Gasteiger partial charge on any atom is -0.271 e. The molecule has 64 valence electrons. The molecule has 0 fully saturated rings. The molecule has 0 amide bonds. The Hall–Kier alpha value is -0.520. The molecule has 2 nitrogen and oxygen atoms in total. The molecule has 3 N–H and O–H groups in total. The van der Waals surface area contributed by atoms with E-state index >= 15 is 0 Å². The van der Waals surface area contributed by atoms with Crippen LogP contribution in [0.3, 0.4) is 0 Å². The Morgan fingerprint density at radius 1 is 1.55 bits per heavy atom. The Bertz CT molecular complexity index is 115. The first kappa shape index (κ1) is 10.5. The van der Waals surface area contributed by atoms with Gasteiger partial charge >= 0.3 is 0 Å². The molecule has 0 saturated carbocycles. The second-order valence-electron chi connectivity index (χ2n) is 2.77. The fourth-order valence-electron chi connectivity index (χ4n) is 1.03. The maximum Gasteiger partial charge on any atom is 0.0319 e. The second kappa shape index (κ2) is 7.59. The van der Waals surface area contributed by atoms with Crippen molar-refractivity contribution in [2.24, 2.45) is 5.84 Å². The lowest BCUT2D eigenvalue weighted by molar-refractivity contribution is 0.477. The molecule has 11 heavy (non-hydrogen) atoms. The summed E-state index contributed by atoms with van der Waals surface area (Å²) >= 11 is 0. The Morgan fingerprint density at radius 3 is 2.73 bits per heavy atom. The van der Waals surface area contributed by atoms with E-state index in [1.807, 2.05) is 0 Å². The van der Waals surface area contributed by atoms with E-state index in [1.54, 1.807) is 0 Å². The van der Waals surface area contributed by atoms with Crippen molar-refractivity contribution < 1.29 is 0 Å². The molecule has 0 bridgehead atoms. The Balaban J connectivity index is 3.30. The summed E-state index contributed by atoms with van der Waals surface area (Å²) in [6.45, 7) is 2.19. The van der Waals surface area contributed by atoms with Gasteiger partial charge in [0.1, 0.15) is 0 Å². The van der Waals surface area contributed by atoms with E-state index in [0.717, 1.165) is 12.8 Å². The topological polar surface area (TPSA) is 38.0 Å². The Kier molecular flexibility index (Phi) is 7.23. The number of hydrogen-bond donors (Lipinski definition) is 2. The second-order valence-corrected chi connectivity index (χ2v) is 2.77. The number of unbranched alkanes of at least 4 members (excludes halogenated alkanes) is 2. The zero-order valence-corrected chi connectivity index (χ0v) is 7.27. The van der Waals surface area contributed by atoms with Gasteiger partial charge in [0.05, 0.1) is 0 Å². The molecule has 1 atom stereocenters. The van der Waals surface area contributed by atoms with E-state index in [-0.39, 0.29) is 0 Å². The predicted octanol–water partition coefficient (Wildman–Crippen LogP) is 1.42. The van der Waals surface area contributed by atoms with Crippen LogP contribution in [-0.4, -0.2) is 6.04 Å². The third-order valence-electron chi connectivity index (χ3n) is 1.76. The van der Waals surface area contributed by atoms with Crippen molar-refractivity contribution >= 4 is 0 Å². The monoisotopic (exact) mass is 154 g/mol. The van der Waals surface area contributed by atoms with Gasteiger partial charge in [-0.05, 0) is 6.42 Å². The lowest BCUT2D eigenvalue weighted by atomic mass is 10.1. The quantitative estimate of drug-likeness (QED) is 0.263. The van der Waals surface area contributed by atoms with E-state index in [2.05, 4.69) is 18.3 Å². The Morgan fingerprint density at radius 2 is 2.27 bits per heavy atom. The fraction of sp³-hybridized carbons (Fsp3) is 0.778. The highest BCUT2D eigenvalue weighted by atomic mass is 15.2. The molecule has 0 aliphatic rings. The maximum absolute atomic E-state index is 5.30.